The lowest BCUT2D eigenvalue weighted by molar-refractivity contribution is -0.114. The van der Waals surface area contributed by atoms with E-state index in [2.05, 4.69) is 17.2 Å². The fourth-order valence-electron chi connectivity index (χ4n) is 4.18. The Bertz CT molecular complexity index is 1200. The molecule has 1 amide bonds. The third-order valence-corrected chi connectivity index (χ3v) is 7.46. The third-order valence-electron chi connectivity index (χ3n) is 6.27. The molecule has 0 saturated carbocycles. The molecule has 184 valence electrons. The SMILES string of the molecule is CCC(CCCCC(F)(F)CC)Cc1cc2c(=O)n(C)cc(-c3ccnc(NC(C)=O)c3)c2s1. The van der Waals surface area contributed by atoms with E-state index in [9.17, 15) is 18.4 Å². The van der Waals surface area contributed by atoms with Crippen LogP contribution in [-0.4, -0.2) is 21.4 Å². The van der Waals surface area contributed by atoms with Gasteiger partial charge in [0.15, 0.2) is 0 Å². The number of carbonyl (C=O) groups is 1. The number of alkyl halides is 2. The Labute approximate surface area is 203 Å². The fraction of sp³-hybridized carbons (Fsp3) is 0.500. The van der Waals surface area contributed by atoms with Crippen LogP contribution >= 0.6 is 11.3 Å². The number of nitrogens with one attached hydrogen (secondary N) is 1. The van der Waals surface area contributed by atoms with E-state index in [0.717, 1.165) is 46.4 Å². The summed E-state index contributed by atoms with van der Waals surface area (Å²) in [6.07, 6.45) is 7.33. The molecule has 0 aliphatic rings. The molecule has 8 heteroatoms. The van der Waals surface area contributed by atoms with Gasteiger partial charge in [0.1, 0.15) is 5.82 Å². The number of hydrogen-bond acceptors (Lipinski definition) is 4. The average Bonchev–Trinajstić information content (AvgIpc) is 3.22. The number of amides is 1. The maximum atomic E-state index is 13.5. The van der Waals surface area contributed by atoms with Crippen molar-refractivity contribution in [2.45, 2.75) is 71.6 Å². The average molecular weight is 490 g/mol. The summed E-state index contributed by atoms with van der Waals surface area (Å²) in [5.74, 6) is -1.90. The number of anilines is 1. The van der Waals surface area contributed by atoms with Gasteiger partial charge in [-0.2, -0.15) is 0 Å². The van der Waals surface area contributed by atoms with Crippen LogP contribution in [0.4, 0.5) is 14.6 Å². The molecule has 0 aliphatic carbocycles. The van der Waals surface area contributed by atoms with Crippen LogP contribution in [-0.2, 0) is 18.3 Å². The standard InChI is InChI=1S/C26H33F2N3O2S/c1-5-18(9-7-8-11-26(27,28)6-2)13-20-15-21-24(34-20)22(16-31(4)25(21)33)19-10-12-29-23(14-19)30-17(3)32/h10,12,14-16,18H,5-9,11,13H2,1-4H3,(H,29,30,32). The Morgan fingerprint density at radius 3 is 2.71 bits per heavy atom. The van der Waals surface area contributed by atoms with E-state index in [1.807, 2.05) is 18.3 Å². The molecule has 0 saturated heterocycles. The van der Waals surface area contributed by atoms with Crippen LogP contribution in [0.25, 0.3) is 21.2 Å². The van der Waals surface area contributed by atoms with E-state index in [1.165, 1.54) is 13.8 Å². The second kappa shape index (κ2) is 11.2. The lowest BCUT2D eigenvalue weighted by Gasteiger charge is -2.16. The second-order valence-corrected chi connectivity index (χ2v) is 10.1. The number of rotatable bonds is 11. The summed E-state index contributed by atoms with van der Waals surface area (Å²) >= 11 is 1.61. The van der Waals surface area contributed by atoms with Crippen molar-refractivity contribution in [1.29, 1.82) is 0 Å². The van der Waals surface area contributed by atoms with Gasteiger partial charge in [0, 0.05) is 54.3 Å². The van der Waals surface area contributed by atoms with E-state index < -0.39 is 5.92 Å². The molecule has 3 heterocycles. The number of nitrogens with zero attached hydrogens (tertiary/aromatic N) is 2. The molecule has 1 atom stereocenters. The lowest BCUT2D eigenvalue weighted by Crippen LogP contribution is -2.15. The van der Waals surface area contributed by atoms with Gasteiger partial charge < -0.3 is 9.88 Å². The maximum absolute atomic E-state index is 13.5. The first-order chi connectivity index (χ1) is 16.1. The quantitative estimate of drug-likeness (QED) is 0.302. The van der Waals surface area contributed by atoms with Gasteiger partial charge in [-0.15, -0.1) is 11.3 Å². The monoisotopic (exact) mass is 489 g/mol. The van der Waals surface area contributed by atoms with Crippen LogP contribution in [0.15, 0.2) is 35.4 Å². The summed E-state index contributed by atoms with van der Waals surface area (Å²) in [6.45, 7) is 5.09. The maximum Gasteiger partial charge on any atom is 0.259 e. The Morgan fingerprint density at radius 1 is 1.26 bits per heavy atom. The van der Waals surface area contributed by atoms with E-state index in [4.69, 9.17) is 0 Å². The molecule has 0 radical (unpaired) electrons. The normalized spacial score (nSPS) is 12.8. The van der Waals surface area contributed by atoms with Crippen LogP contribution in [0.5, 0.6) is 0 Å². The molecule has 3 rings (SSSR count). The van der Waals surface area contributed by atoms with Gasteiger partial charge in [-0.1, -0.05) is 33.1 Å². The first kappa shape index (κ1) is 26.0. The molecule has 34 heavy (non-hydrogen) atoms. The Balaban J connectivity index is 1.84. The molecule has 5 nitrogen and oxygen atoms in total. The Kier molecular flexibility index (Phi) is 8.57. The molecule has 0 fully saturated rings. The van der Waals surface area contributed by atoms with Gasteiger partial charge in [0.05, 0.1) is 5.39 Å². The highest BCUT2D eigenvalue weighted by Crippen LogP contribution is 2.35. The summed E-state index contributed by atoms with van der Waals surface area (Å²) in [7, 11) is 1.74. The predicted molar refractivity (Wildman–Crippen MR) is 136 cm³/mol. The van der Waals surface area contributed by atoms with Crippen molar-refractivity contribution in [2.75, 3.05) is 5.32 Å². The fourth-order valence-corrected chi connectivity index (χ4v) is 5.48. The molecule has 0 bridgehead atoms. The molecule has 1 N–H and O–H groups in total. The smallest absolute Gasteiger partial charge is 0.259 e. The number of thiophene rings is 1. The van der Waals surface area contributed by atoms with Crippen LogP contribution in [0.1, 0.15) is 64.2 Å². The summed E-state index contributed by atoms with van der Waals surface area (Å²) < 4.78 is 29.5. The van der Waals surface area contributed by atoms with Crippen LogP contribution in [0.3, 0.4) is 0 Å². The number of aromatic nitrogens is 2. The zero-order valence-electron chi connectivity index (χ0n) is 20.3. The highest BCUT2D eigenvalue weighted by atomic mass is 32.1. The minimum absolute atomic E-state index is 0.0470. The van der Waals surface area contributed by atoms with Crippen LogP contribution < -0.4 is 10.9 Å². The van der Waals surface area contributed by atoms with Gasteiger partial charge in [-0.05, 0) is 42.5 Å². The van der Waals surface area contributed by atoms with Crippen molar-refractivity contribution in [1.82, 2.24) is 9.55 Å². The van der Waals surface area contributed by atoms with Crippen molar-refractivity contribution in [3.8, 4) is 11.1 Å². The summed E-state index contributed by atoms with van der Waals surface area (Å²) in [4.78, 5) is 29.6. The van der Waals surface area contributed by atoms with Gasteiger partial charge in [-0.3, -0.25) is 9.59 Å². The third kappa shape index (κ3) is 6.50. The zero-order chi connectivity index (χ0) is 24.9. The Hall–Kier alpha value is -2.61. The minimum Gasteiger partial charge on any atom is -0.317 e. The highest BCUT2D eigenvalue weighted by Gasteiger charge is 2.25. The molecule has 3 aromatic rings. The predicted octanol–water partition coefficient (Wildman–Crippen LogP) is 6.79. The van der Waals surface area contributed by atoms with Crippen molar-refractivity contribution < 1.29 is 13.6 Å². The number of pyridine rings is 2. The first-order valence-corrected chi connectivity index (χ1v) is 12.7. The van der Waals surface area contributed by atoms with E-state index in [-0.39, 0.29) is 24.3 Å². The van der Waals surface area contributed by atoms with Gasteiger partial charge >= 0.3 is 0 Å². The molecule has 0 aromatic carbocycles. The Morgan fingerprint density at radius 2 is 2.03 bits per heavy atom. The molecular formula is C26H33F2N3O2S. The summed E-state index contributed by atoms with van der Waals surface area (Å²) in [6, 6.07) is 5.65. The molecular weight excluding hydrogens is 456 g/mol. The number of halogens is 2. The molecule has 1 unspecified atom stereocenters. The largest absolute Gasteiger partial charge is 0.317 e. The topological polar surface area (TPSA) is 64.0 Å². The van der Waals surface area contributed by atoms with E-state index >= 15 is 0 Å². The molecule has 0 aliphatic heterocycles. The van der Waals surface area contributed by atoms with Crippen molar-refractivity contribution >= 4 is 33.1 Å². The summed E-state index contributed by atoms with van der Waals surface area (Å²) in [5.41, 5.74) is 1.74. The number of fused-ring (bicyclic) bond motifs is 1. The van der Waals surface area contributed by atoms with Crippen molar-refractivity contribution in [2.24, 2.45) is 13.0 Å². The van der Waals surface area contributed by atoms with Gasteiger partial charge in [-0.25, -0.2) is 13.8 Å². The first-order valence-electron chi connectivity index (χ1n) is 11.9. The number of carbonyl (C=O) groups excluding carboxylic acids is 1. The van der Waals surface area contributed by atoms with Crippen LogP contribution in [0.2, 0.25) is 0 Å². The highest BCUT2D eigenvalue weighted by molar-refractivity contribution is 7.19. The number of hydrogen-bond donors (Lipinski definition) is 1. The zero-order valence-corrected chi connectivity index (χ0v) is 21.1. The lowest BCUT2D eigenvalue weighted by atomic mass is 9.94. The van der Waals surface area contributed by atoms with Gasteiger partial charge in [0.25, 0.3) is 5.56 Å². The van der Waals surface area contributed by atoms with Crippen LogP contribution in [0, 0.1) is 5.92 Å². The number of aryl methyl sites for hydroxylation is 1. The summed E-state index contributed by atoms with van der Waals surface area (Å²) in [5, 5.41) is 3.38. The molecule has 0 spiro atoms. The van der Waals surface area contributed by atoms with Gasteiger partial charge in [0.2, 0.25) is 11.8 Å². The van der Waals surface area contributed by atoms with Crippen molar-refractivity contribution in [3.63, 3.8) is 0 Å². The minimum atomic E-state index is -2.56. The van der Waals surface area contributed by atoms with Crippen molar-refractivity contribution in [3.05, 3.63) is 45.8 Å². The molecule has 3 aromatic heterocycles. The van der Waals surface area contributed by atoms with E-state index in [0.29, 0.717) is 23.5 Å². The van der Waals surface area contributed by atoms with E-state index in [1.54, 1.807) is 35.2 Å². The number of unbranched alkanes of at least 4 members (excludes halogenated alkanes) is 1. The second-order valence-electron chi connectivity index (χ2n) is 8.96.